The highest BCUT2D eigenvalue weighted by atomic mass is 32.1. The molecular formula is C16H19FN2O2S. The number of halogens is 1. The van der Waals surface area contributed by atoms with E-state index < -0.39 is 12.1 Å². The molecule has 2 rings (SSSR count). The summed E-state index contributed by atoms with van der Waals surface area (Å²) >= 11 is 1.49. The number of hydrogen-bond acceptors (Lipinski definition) is 3. The van der Waals surface area contributed by atoms with Gasteiger partial charge in [0.1, 0.15) is 5.82 Å². The summed E-state index contributed by atoms with van der Waals surface area (Å²) in [6, 6.07) is 5.97. The molecule has 2 aromatic rings. The maximum atomic E-state index is 13.5. The quantitative estimate of drug-likeness (QED) is 0.791. The molecule has 0 fully saturated rings. The Kier molecular flexibility index (Phi) is 5.51. The fourth-order valence-electron chi connectivity index (χ4n) is 1.98. The Morgan fingerprint density at radius 3 is 2.77 bits per heavy atom. The maximum Gasteiger partial charge on any atom is 0.315 e. The minimum atomic E-state index is -0.732. The van der Waals surface area contributed by atoms with Gasteiger partial charge in [0, 0.05) is 6.54 Å². The zero-order valence-electron chi connectivity index (χ0n) is 12.5. The van der Waals surface area contributed by atoms with Crippen molar-refractivity contribution in [2.24, 2.45) is 0 Å². The summed E-state index contributed by atoms with van der Waals surface area (Å²) in [5, 5.41) is 18.9. The molecule has 0 aliphatic rings. The third-order valence-corrected chi connectivity index (χ3v) is 4.13. The van der Waals surface area contributed by atoms with Crippen molar-refractivity contribution in [1.29, 1.82) is 0 Å². The molecule has 0 spiro atoms. The zero-order chi connectivity index (χ0) is 16.1. The summed E-state index contributed by atoms with van der Waals surface area (Å²) in [5.74, 6) is -0.292. The van der Waals surface area contributed by atoms with Crippen molar-refractivity contribution >= 4 is 17.4 Å². The topological polar surface area (TPSA) is 61.4 Å². The van der Waals surface area contributed by atoms with Crippen molar-refractivity contribution in [2.75, 3.05) is 6.54 Å². The molecule has 0 aliphatic heterocycles. The number of aryl methyl sites for hydroxylation is 1. The van der Waals surface area contributed by atoms with Crippen LogP contribution in [0.5, 0.6) is 0 Å². The Bertz CT molecular complexity index is 631. The van der Waals surface area contributed by atoms with Gasteiger partial charge >= 0.3 is 6.03 Å². The number of thiophene rings is 1. The van der Waals surface area contributed by atoms with Crippen LogP contribution in [0.2, 0.25) is 0 Å². The van der Waals surface area contributed by atoms with Crippen LogP contribution in [0.15, 0.2) is 35.0 Å². The second kappa shape index (κ2) is 7.38. The molecule has 22 heavy (non-hydrogen) atoms. The van der Waals surface area contributed by atoms with Gasteiger partial charge in [-0.1, -0.05) is 12.1 Å². The molecule has 6 heteroatoms. The predicted molar refractivity (Wildman–Crippen MR) is 85.4 cm³/mol. The molecule has 1 aromatic heterocycles. The predicted octanol–water partition coefficient (Wildman–Crippen LogP) is 3.29. The number of carbonyl (C=O) groups excluding carboxylic acids is 1. The number of amides is 2. The van der Waals surface area contributed by atoms with Gasteiger partial charge in [-0.3, -0.25) is 0 Å². The molecule has 2 atom stereocenters. The summed E-state index contributed by atoms with van der Waals surface area (Å²) in [6.07, 6.45) is -0.732. The van der Waals surface area contributed by atoms with E-state index in [1.165, 1.54) is 17.4 Å². The number of hydrogen-bond donors (Lipinski definition) is 3. The second-order valence-electron chi connectivity index (χ2n) is 5.16. The first kappa shape index (κ1) is 16.5. The lowest BCUT2D eigenvalue weighted by molar-refractivity contribution is 0.173. The number of carbonyl (C=O) groups is 1. The van der Waals surface area contributed by atoms with E-state index in [1.54, 1.807) is 26.0 Å². The van der Waals surface area contributed by atoms with E-state index in [0.29, 0.717) is 11.1 Å². The van der Waals surface area contributed by atoms with E-state index in [2.05, 4.69) is 10.6 Å². The summed E-state index contributed by atoms with van der Waals surface area (Å²) in [5.41, 5.74) is 2.04. The molecular weight excluding hydrogens is 303 g/mol. The molecule has 1 aromatic carbocycles. The van der Waals surface area contributed by atoms with Gasteiger partial charge in [0.05, 0.1) is 12.1 Å². The lowest BCUT2D eigenvalue weighted by Gasteiger charge is -2.17. The maximum absolute atomic E-state index is 13.5. The average Bonchev–Trinajstić information content (AvgIpc) is 3.02. The van der Waals surface area contributed by atoms with Gasteiger partial charge in [0.2, 0.25) is 0 Å². The van der Waals surface area contributed by atoms with Gasteiger partial charge in [-0.25, -0.2) is 9.18 Å². The minimum absolute atomic E-state index is 0.123. The van der Waals surface area contributed by atoms with Gasteiger partial charge in [0.25, 0.3) is 0 Å². The second-order valence-corrected chi connectivity index (χ2v) is 5.94. The van der Waals surface area contributed by atoms with Crippen LogP contribution in [0.4, 0.5) is 9.18 Å². The zero-order valence-corrected chi connectivity index (χ0v) is 13.3. The lowest BCUT2D eigenvalue weighted by Crippen LogP contribution is -2.39. The number of benzene rings is 1. The summed E-state index contributed by atoms with van der Waals surface area (Å²) in [6.45, 7) is 3.59. The number of urea groups is 1. The Balaban J connectivity index is 1.84. The normalized spacial score (nSPS) is 13.5. The van der Waals surface area contributed by atoms with Gasteiger partial charge in [-0.2, -0.15) is 11.3 Å². The molecule has 118 valence electrons. The number of nitrogens with one attached hydrogen (secondary N) is 2. The molecule has 2 amide bonds. The van der Waals surface area contributed by atoms with Gasteiger partial charge in [0.15, 0.2) is 0 Å². The van der Waals surface area contributed by atoms with E-state index in [4.69, 9.17) is 0 Å². The molecule has 0 bridgehead atoms. The van der Waals surface area contributed by atoms with Crippen LogP contribution in [0.1, 0.15) is 35.8 Å². The lowest BCUT2D eigenvalue weighted by atomic mass is 10.1. The Morgan fingerprint density at radius 2 is 2.14 bits per heavy atom. The van der Waals surface area contributed by atoms with Crippen molar-refractivity contribution in [3.8, 4) is 0 Å². The molecule has 0 saturated carbocycles. The standard InChI is InChI=1S/C16H19FN2O2S/c1-10-3-4-12(7-14(10)17)11(2)19-16(21)18-8-15(20)13-5-6-22-9-13/h3-7,9,11,15,20H,8H2,1-2H3,(H2,18,19,21). The monoisotopic (exact) mass is 322 g/mol. The molecule has 3 N–H and O–H groups in total. The summed E-state index contributed by atoms with van der Waals surface area (Å²) < 4.78 is 13.5. The minimum Gasteiger partial charge on any atom is -0.387 e. The van der Waals surface area contributed by atoms with Crippen molar-refractivity contribution < 1.29 is 14.3 Å². The highest BCUT2D eigenvalue weighted by Crippen LogP contribution is 2.17. The van der Waals surface area contributed by atoms with Crippen LogP contribution in [-0.2, 0) is 0 Å². The molecule has 0 radical (unpaired) electrons. The van der Waals surface area contributed by atoms with Crippen LogP contribution in [-0.4, -0.2) is 17.7 Å². The number of rotatable bonds is 5. The first-order valence-electron chi connectivity index (χ1n) is 6.98. The fraction of sp³-hybridized carbons (Fsp3) is 0.312. The van der Waals surface area contributed by atoms with Gasteiger partial charge < -0.3 is 15.7 Å². The molecule has 0 aliphatic carbocycles. The third-order valence-electron chi connectivity index (χ3n) is 3.43. The molecule has 0 saturated heterocycles. The van der Waals surface area contributed by atoms with Gasteiger partial charge in [-0.15, -0.1) is 0 Å². The van der Waals surface area contributed by atoms with Crippen molar-refractivity contribution in [3.05, 3.63) is 57.5 Å². The highest BCUT2D eigenvalue weighted by Gasteiger charge is 2.13. The van der Waals surface area contributed by atoms with Crippen LogP contribution < -0.4 is 10.6 Å². The summed E-state index contributed by atoms with van der Waals surface area (Å²) in [4.78, 5) is 11.8. The van der Waals surface area contributed by atoms with E-state index >= 15 is 0 Å². The van der Waals surface area contributed by atoms with Crippen LogP contribution in [0.3, 0.4) is 0 Å². The van der Waals surface area contributed by atoms with E-state index in [1.807, 2.05) is 16.8 Å². The van der Waals surface area contributed by atoms with E-state index in [-0.39, 0.29) is 18.4 Å². The van der Waals surface area contributed by atoms with Crippen molar-refractivity contribution in [3.63, 3.8) is 0 Å². The Hall–Kier alpha value is -1.92. The smallest absolute Gasteiger partial charge is 0.315 e. The number of aliphatic hydroxyl groups is 1. The van der Waals surface area contributed by atoms with Crippen LogP contribution in [0.25, 0.3) is 0 Å². The molecule has 2 unspecified atom stereocenters. The first-order chi connectivity index (χ1) is 10.5. The van der Waals surface area contributed by atoms with Crippen molar-refractivity contribution in [2.45, 2.75) is 26.0 Å². The number of aliphatic hydroxyl groups excluding tert-OH is 1. The highest BCUT2D eigenvalue weighted by molar-refractivity contribution is 7.07. The largest absolute Gasteiger partial charge is 0.387 e. The first-order valence-corrected chi connectivity index (χ1v) is 7.92. The van der Waals surface area contributed by atoms with Crippen LogP contribution >= 0.6 is 11.3 Å². The Morgan fingerprint density at radius 1 is 1.36 bits per heavy atom. The molecule has 4 nitrogen and oxygen atoms in total. The van der Waals surface area contributed by atoms with Crippen LogP contribution in [0, 0.1) is 12.7 Å². The SMILES string of the molecule is Cc1ccc(C(C)NC(=O)NCC(O)c2ccsc2)cc1F. The van der Waals surface area contributed by atoms with E-state index in [9.17, 15) is 14.3 Å². The average molecular weight is 322 g/mol. The Labute approximate surface area is 133 Å². The fourth-order valence-corrected chi connectivity index (χ4v) is 2.69. The van der Waals surface area contributed by atoms with Gasteiger partial charge in [-0.05, 0) is 53.4 Å². The van der Waals surface area contributed by atoms with E-state index in [0.717, 1.165) is 5.56 Å². The summed E-state index contributed by atoms with van der Waals surface area (Å²) in [7, 11) is 0. The third kappa shape index (κ3) is 4.29. The van der Waals surface area contributed by atoms with Crippen molar-refractivity contribution in [1.82, 2.24) is 10.6 Å². The molecule has 1 heterocycles.